The van der Waals surface area contributed by atoms with E-state index in [1.165, 1.54) is 4.90 Å². The van der Waals surface area contributed by atoms with Crippen LogP contribution in [0.25, 0.3) is 0 Å². The fraction of sp³-hybridized carbons (Fsp3) is 0.778. The summed E-state index contributed by atoms with van der Waals surface area (Å²) < 4.78 is 0. The molecule has 2 fully saturated rings. The molecule has 1 aliphatic heterocycles. The van der Waals surface area contributed by atoms with Gasteiger partial charge in [0.15, 0.2) is 0 Å². The first-order chi connectivity index (χ1) is 6.94. The minimum absolute atomic E-state index is 0.0781. The van der Waals surface area contributed by atoms with Crippen LogP contribution in [-0.4, -0.2) is 51.2 Å². The number of carbonyl (C=O) groups is 2. The Hall–Kier alpha value is -1.14. The minimum atomic E-state index is -1.08. The van der Waals surface area contributed by atoms with Gasteiger partial charge in [0.05, 0.1) is 11.6 Å². The van der Waals surface area contributed by atoms with Crippen LogP contribution in [0.2, 0.25) is 0 Å². The summed E-state index contributed by atoms with van der Waals surface area (Å²) in [6.45, 7) is 0.0781. The number of aliphatic hydroxyl groups excluding tert-OH is 1. The monoisotopic (exact) mass is 214 g/mol. The van der Waals surface area contributed by atoms with Crippen molar-refractivity contribution in [3.05, 3.63) is 0 Å². The highest BCUT2D eigenvalue weighted by Crippen LogP contribution is 2.36. The quantitative estimate of drug-likeness (QED) is 0.520. The maximum absolute atomic E-state index is 11.8. The van der Waals surface area contributed by atoms with Gasteiger partial charge < -0.3 is 20.8 Å². The first kappa shape index (κ1) is 10.4. The topological polar surface area (TPSA) is 104 Å². The molecule has 0 spiro atoms. The Labute approximate surface area is 86.7 Å². The molecular weight excluding hydrogens is 200 g/mol. The van der Waals surface area contributed by atoms with Gasteiger partial charge in [0.2, 0.25) is 5.91 Å². The van der Waals surface area contributed by atoms with Crippen LogP contribution < -0.4 is 5.73 Å². The molecule has 0 aromatic heterocycles. The van der Waals surface area contributed by atoms with Crippen molar-refractivity contribution in [1.29, 1.82) is 0 Å². The second-order valence-electron chi connectivity index (χ2n) is 4.36. The Balaban J connectivity index is 2.13. The number of nitrogens with zero attached hydrogens (tertiary/aromatic N) is 1. The third-order valence-electron chi connectivity index (χ3n) is 3.04. The lowest BCUT2D eigenvalue weighted by Crippen LogP contribution is -2.50. The first-order valence-corrected chi connectivity index (χ1v) is 4.95. The highest BCUT2D eigenvalue weighted by molar-refractivity contribution is 5.92. The maximum Gasteiger partial charge on any atom is 0.326 e. The van der Waals surface area contributed by atoms with Crippen LogP contribution in [0.5, 0.6) is 0 Å². The van der Waals surface area contributed by atoms with E-state index in [0.29, 0.717) is 12.8 Å². The second-order valence-corrected chi connectivity index (χ2v) is 4.36. The summed E-state index contributed by atoms with van der Waals surface area (Å²) in [5.41, 5.74) is 4.85. The Morgan fingerprint density at radius 2 is 2.00 bits per heavy atom. The molecule has 2 rings (SSSR count). The van der Waals surface area contributed by atoms with Crippen molar-refractivity contribution in [2.45, 2.75) is 36.9 Å². The summed E-state index contributed by atoms with van der Waals surface area (Å²) in [5.74, 6) is -1.42. The first-order valence-electron chi connectivity index (χ1n) is 4.95. The maximum atomic E-state index is 11.8. The zero-order valence-electron chi connectivity index (χ0n) is 8.22. The minimum Gasteiger partial charge on any atom is -0.480 e. The molecule has 0 aromatic carbocycles. The molecule has 6 nitrogen and oxygen atoms in total. The molecule has 1 heterocycles. The molecule has 2 atom stereocenters. The van der Waals surface area contributed by atoms with Gasteiger partial charge in [0, 0.05) is 13.0 Å². The molecule has 0 radical (unpaired) electrons. The van der Waals surface area contributed by atoms with E-state index in [1.807, 2.05) is 0 Å². The van der Waals surface area contributed by atoms with Crippen LogP contribution in [-0.2, 0) is 9.59 Å². The van der Waals surface area contributed by atoms with Gasteiger partial charge in [-0.15, -0.1) is 0 Å². The predicted octanol–water partition coefficient (Wildman–Crippen LogP) is -1.48. The standard InChI is InChI=1S/C9H14N2O4/c10-9(1-2-9)8(15)11-4-5(12)3-6(11)7(13)14/h5-6,12H,1-4,10H2,(H,13,14)/t5?,6-/m0/s1. The van der Waals surface area contributed by atoms with Gasteiger partial charge in [-0.1, -0.05) is 0 Å². The molecular formula is C9H14N2O4. The number of aliphatic hydroxyl groups is 1. The third-order valence-corrected chi connectivity index (χ3v) is 3.04. The number of likely N-dealkylation sites (tertiary alicyclic amines) is 1. The molecule has 1 unspecified atom stereocenters. The molecule has 2 aliphatic rings. The summed E-state index contributed by atoms with van der Waals surface area (Å²) >= 11 is 0. The lowest BCUT2D eigenvalue weighted by Gasteiger charge is -2.24. The predicted molar refractivity (Wildman–Crippen MR) is 49.9 cm³/mol. The summed E-state index contributed by atoms with van der Waals surface area (Å²) in [6, 6.07) is -0.923. The van der Waals surface area contributed by atoms with E-state index in [0.717, 1.165) is 0 Å². The van der Waals surface area contributed by atoms with E-state index < -0.39 is 23.7 Å². The van der Waals surface area contributed by atoms with Gasteiger partial charge in [-0.2, -0.15) is 0 Å². The van der Waals surface area contributed by atoms with E-state index in [1.54, 1.807) is 0 Å². The summed E-state index contributed by atoms with van der Waals surface area (Å²) in [5, 5.41) is 18.2. The van der Waals surface area contributed by atoms with E-state index in [2.05, 4.69) is 0 Å². The number of aliphatic carboxylic acids is 1. The normalized spacial score (nSPS) is 32.8. The van der Waals surface area contributed by atoms with Crippen LogP contribution in [0.1, 0.15) is 19.3 Å². The van der Waals surface area contributed by atoms with E-state index in [4.69, 9.17) is 10.8 Å². The van der Waals surface area contributed by atoms with Crippen molar-refractivity contribution in [3.8, 4) is 0 Å². The van der Waals surface area contributed by atoms with E-state index >= 15 is 0 Å². The number of hydrogen-bond donors (Lipinski definition) is 3. The van der Waals surface area contributed by atoms with E-state index in [9.17, 15) is 14.7 Å². The molecule has 6 heteroatoms. The lowest BCUT2D eigenvalue weighted by molar-refractivity contribution is -0.149. The molecule has 84 valence electrons. The van der Waals surface area contributed by atoms with Crippen LogP contribution >= 0.6 is 0 Å². The van der Waals surface area contributed by atoms with Crippen LogP contribution in [0.4, 0.5) is 0 Å². The number of carbonyl (C=O) groups excluding carboxylic acids is 1. The average molecular weight is 214 g/mol. The number of hydrogen-bond acceptors (Lipinski definition) is 4. The number of amides is 1. The number of nitrogens with two attached hydrogens (primary N) is 1. The molecule has 1 saturated carbocycles. The van der Waals surface area contributed by atoms with Gasteiger partial charge in [-0.25, -0.2) is 4.79 Å². The molecule has 1 saturated heterocycles. The molecule has 15 heavy (non-hydrogen) atoms. The fourth-order valence-corrected chi connectivity index (χ4v) is 1.91. The molecule has 4 N–H and O–H groups in total. The van der Waals surface area contributed by atoms with Gasteiger partial charge in [0.25, 0.3) is 0 Å². The average Bonchev–Trinajstić information content (AvgIpc) is 2.77. The van der Waals surface area contributed by atoms with Crippen molar-refractivity contribution in [3.63, 3.8) is 0 Å². The fourth-order valence-electron chi connectivity index (χ4n) is 1.91. The highest BCUT2D eigenvalue weighted by Gasteiger charge is 2.52. The Morgan fingerprint density at radius 3 is 2.47 bits per heavy atom. The Bertz CT molecular complexity index is 313. The second kappa shape index (κ2) is 3.18. The van der Waals surface area contributed by atoms with Gasteiger partial charge in [0.1, 0.15) is 6.04 Å². The van der Waals surface area contributed by atoms with Gasteiger partial charge >= 0.3 is 5.97 Å². The van der Waals surface area contributed by atoms with Crippen molar-refractivity contribution >= 4 is 11.9 Å². The van der Waals surface area contributed by atoms with E-state index in [-0.39, 0.29) is 18.9 Å². The smallest absolute Gasteiger partial charge is 0.326 e. The zero-order valence-corrected chi connectivity index (χ0v) is 8.22. The highest BCUT2D eigenvalue weighted by atomic mass is 16.4. The molecule has 0 aromatic rings. The number of β-amino-alcohol motifs (C(OH)–C–C–N with tert-alkyl or cyclic N) is 1. The van der Waals surface area contributed by atoms with Crippen LogP contribution in [0.15, 0.2) is 0 Å². The number of rotatable bonds is 2. The molecule has 1 aliphatic carbocycles. The SMILES string of the molecule is NC1(C(=O)N2CC(O)C[C@H]2C(=O)O)CC1. The van der Waals surface area contributed by atoms with Gasteiger partial charge in [-0.05, 0) is 12.8 Å². The van der Waals surface area contributed by atoms with Crippen molar-refractivity contribution in [1.82, 2.24) is 4.90 Å². The Morgan fingerprint density at radius 1 is 1.40 bits per heavy atom. The summed E-state index contributed by atoms with van der Waals surface area (Å²) in [6.07, 6.45) is 0.546. The molecule has 1 amide bonds. The van der Waals surface area contributed by atoms with Gasteiger partial charge in [-0.3, -0.25) is 4.79 Å². The number of carboxylic acid groups (broad SMARTS) is 1. The third kappa shape index (κ3) is 1.70. The Kier molecular flexibility index (Phi) is 2.20. The summed E-state index contributed by atoms with van der Waals surface area (Å²) in [7, 11) is 0. The molecule has 0 bridgehead atoms. The van der Waals surface area contributed by atoms with Crippen molar-refractivity contribution in [2.75, 3.05) is 6.54 Å². The largest absolute Gasteiger partial charge is 0.480 e. The van der Waals surface area contributed by atoms with Crippen molar-refractivity contribution in [2.24, 2.45) is 5.73 Å². The van der Waals surface area contributed by atoms with Crippen molar-refractivity contribution < 1.29 is 19.8 Å². The van der Waals surface area contributed by atoms with Crippen LogP contribution in [0.3, 0.4) is 0 Å². The van der Waals surface area contributed by atoms with Crippen LogP contribution in [0, 0.1) is 0 Å². The summed E-state index contributed by atoms with van der Waals surface area (Å²) in [4.78, 5) is 23.9. The lowest BCUT2D eigenvalue weighted by atomic mass is 10.2. The number of carboxylic acids is 1. The zero-order chi connectivity index (χ0) is 11.2.